The second-order valence-electron chi connectivity index (χ2n) is 6.28. The number of pyridine rings is 1. The molecule has 1 aliphatic rings. The van der Waals surface area contributed by atoms with Crippen LogP contribution in [0.5, 0.6) is 5.75 Å². The van der Waals surface area contributed by atoms with Gasteiger partial charge in [0, 0.05) is 28.6 Å². The number of halogens is 1. The van der Waals surface area contributed by atoms with Gasteiger partial charge in [-0.2, -0.15) is 0 Å². The van der Waals surface area contributed by atoms with Crippen molar-refractivity contribution in [2.24, 2.45) is 0 Å². The number of benzene rings is 1. The van der Waals surface area contributed by atoms with Gasteiger partial charge < -0.3 is 9.47 Å². The molecule has 4 rings (SSSR count). The Kier molecular flexibility index (Phi) is 4.39. The highest BCUT2D eigenvalue weighted by Crippen LogP contribution is 2.33. The summed E-state index contributed by atoms with van der Waals surface area (Å²) in [5.41, 5.74) is 3.41. The van der Waals surface area contributed by atoms with Crippen molar-refractivity contribution in [3.63, 3.8) is 0 Å². The van der Waals surface area contributed by atoms with Gasteiger partial charge in [-0.1, -0.05) is 0 Å². The van der Waals surface area contributed by atoms with E-state index >= 15 is 0 Å². The normalized spacial score (nSPS) is 17.3. The Bertz CT molecular complexity index is 919. The molecule has 0 spiro atoms. The van der Waals surface area contributed by atoms with Gasteiger partial charge in [-0.25, -0.2) is 9.37 Å². The average Bonchev–Trinajstić information content (AvgIpc) is 3.27. The van der Waals surface area contributed by atoms with Gasteiger partial charge in [-0.15, -0.1) is 11.3 Å². The zero-order valence-electron chi connectivity index (χ0n) is 14.2. The Morgan fingerprint density at radius 1 is 1.32 bits per heavy atom. The maximum absolute atomic E-state index is 13.7. The monoisotopic (exact) mass is 358 g/mol. The molecule has 1 unspecified atom stereocenters. The van der Waals surface area contributed by atoms with Crippen molar-refractivity contribution >= 4 is 22.2 Å². The predicted octanol–water partition coefficient (Wildman–Crippen LogP) is 4.88. The molecule has 1 fully saturated rings. The molecule has 130 valence electrons. The minimum atomic E-state index is -0.295. The number of fused-ring (bicyclic) bond motifs is 1. The van der Waals surface area contributed by atoms with Gasteiger partial charge in [-0.05, 0) is 44.9 Å². The molecule has 3 aromatic rings. The molecule has 0 amide bonds. The van der Waals surface area contributed by atoms with Crippen LogP contribution < -0.4 is 4.74 Å². The number of nitrogens with zero attached hydrogens (tertiary/aromatic N) is 2. The molecule has 0 aliphatic carbocycles. The van der Waals surface area contributed by atoms with Gasteiger partial charge in [0.1, 0.15) is 29.3 Å². The quantitative estimate of drug-likeness (QED) is 0.667. The number of aryl methyl sites for hydroxylation is 1. The maximum atomic E-state index is 13.7. The van der Waals surface area contributed by atoms with Crippen molar-refractivity contribution in [3.05, 3.63) is 51.4 Å². The molecule has 0 N–H and O–H groups in total. The van der Waals surface area contributed by atoms with E-state index in [1.54, 1.807) is 17.4 Å². The van der Waals surface area contributed by atoms with E-state index in [9.17, 15) is 4.39 Å². The van der Waals surface area contributed by atoms with E-state index in [4.69, 9.17) is 9.47 Å². The molecule has 0 bridgehead atoms. The molecule has 0 saturated carbocycles. The smallest absolute Gasteiger partial charge is 0.134 e. The van der Waals surface area contributed by atoms with Crippen molar-refractivity contribution < 1.29 is 13.9 Å². The summed E-state index contributed by atoms with van der Waals surface area (Å²) in [6.07, 6.45) is 2.24. The summed E-state index contributed by atoms with van der Waals surface area (Å²) < 4.78 is 25.4. The van der Waals surface area contributed by atoms with Crippen LogP contribution in [0, 0.1) is 19.7 Å². The van der Waals surface area contributed by atoms with Crippen LogP contribution in [0.2, 0.25) is 0 Å². The summed E-state index contributed by atoms with van der Waals surface area (Å²) in [7, 11) is 0. The van der Waals surface area contributed by atoms with Gasteiger partial charge in [0.15, 0.2) is 0 Å². The Morgan fingerprint density at radius 2 is 2.20 bits per heavy atom. The number of rotatable bonds is 4. The van der Waals surface area contributed by atoms with Crippen molar-refractivity contribution in [2.45, 2.75) is 39.4 Å². The topological polar surface area (TPSA) is 44.2 Å². The molecule has 1 saturated heterocycles. The van der Waals surface area contributed by atoms with Crippen LogP contribution in [0.1, 0.15) is 40.9 Å². The number of aromatic nitrogens is 2. The summed E-state index contributed by atoms with van der Waals surface area (Å²) in [6.45, 7) is 5.03. The lowest BCUT2D eigenvalue weighted by atomic mass is 10.1. The van der Waals surface area contributed by atoms with Crippen LogP contribution >= 0.6 is 11.3 Å². The minimum Gasteiger partial charge on any atom is -0.486 e. The molecule has 6 heteroatoms. The lowest BCUT2D eigenvalue weighted by Crippen LogP contribution is -2.02. The van der Waals surface area contributed by atoms with E-state index in [-0.39, 0.29) is 11.9 Å². The highest BCUT2D eigenvalue weighted by Gasteiger charge is 2.21. The van der Waals surface area contributed by atoms with Gasteiger partial charge in [0.25, 0.3) is 0 Å². The van der Waals surface area contributed by atoms with E-state index in [0.717, 1.165) is 46.9 Å². The summed E-state index contributed by atoms with van der Waals surface area (Å²) >= 11 is 1.61. The highest BCUT2D eigenvalue weighted by atomic mass is 32.1. The Balaban J connectivity index is 1.60. The first-order valence-corrected chi connectivity index (χ1v) is 9.25. The fourth-order valence-corrected chi connectivity index (χ4v) is 3.94. The van der Waals surface area contributed by atoms with E-state index in [1.165, 1.54) is 12.1 Å². The van der Waals surface area contributed by atoms with E-state index in [1.807, 2.05) is 19.2 Å². The van der Waals surface area contributed by atoms with Gasteiger partial charge >= 0.3 is 0 Å². The summed E-state index contributed by atoms with van der Waals surface area (Å²) in [5, 5.41) is 3.70. The van der Waals surface area contributed by atoms with Crippen molar-refractivity contribution in [3.8, 4) is 5.75 Å². The lowest BCUT2D eigenvalue weighted by Gasteiger charge is -2.13. The molecule has 25 heavy (non-hydrogen) atoms. The van der Waals surface area contributed by atoms with Crippen LogP contribution in [0.4, 0.5) is 4.39 Å². The second kappa shape index (κ2) is 6.69. The fourth-order valence-electron chi connectivity index (χ4n) is 3.06. The molecule has 4 nitrogen and oxygen atoms in total. The van der Waals surface area contributed by atoms with Crippen molar-refractivity contribution in [1.29, 1.82) is 0 Å². The first kappa shape index (κ1) is 16.4. The zero-order valence-corrected chi connectivity index (χ0v) is 15.0. The number of thiazole rings is 1. The Hall–Kier alpha value is -2.05. The van der Waals surface area contributed by atoms with Crippen molar-refractivity contribution in [2.75, 3.05) is 6.61 Å². The van der Waals surface area contributed by atoms with Crippen LogP contribution in [-0.4, -0.2) is 16.6 Å². The fraction of sp³-hybridized carbons (Fsp3) is 0.368. The molecule has 0 radical (unpaired) electrons. The number of hydrogen-bond donors (Lipinski definition) is 0. The summed E-state index contributed by atoms with van der Waals surface area (Å²) in [4.78, 5) is 9.15. The van der Waals surface area contributed by atoms with Gasteiger partial charge in [0.2, 0.25) is 0 Å². The van der Waals surface area contributed by atoms with Crippen LogP contribution in [0.25, 0.3) is 10.9 Å². The summed E-state index contributed by atoms with van der Waals surface area (Å²) in [5.74, 6) is 0.380. The molecular formula is C19H19FN2O2S. The maximum Gasteiger partial charge on any atom is 0.134 e. The third-order valence-electron chi connectivity index (χ3n) is 4.51. The third-order valence-corrected chi connectivity index (χ3v) is 5.50. The van der Waals surface area contributed by atoms with E-state index in [2.05, 4.69) is 9.97 Å². The van der Waals surface area contributed by atoms with Crippen LogP contribution in [-0.2, 0) is 11.3 Å². The Labute approximate surface area is 149 Å². The zero-order chi connectivity index (χ0) is 17.4. The average molecular weight is 358 g/mol. The van der Waals surface area contributed by atoms with E-state index < -0.39 is 0 Å². The lowest BCUT2D eigenvalue weighted by molar-refractivity contribution is 0.111. The first-order valence-electron chi connectivity index (χ1n) is 8.37. The SMILES string of the molecule is Cc1nc2ccc(F)cc2c(OCc2csc(C3CCCO3)n2)c1C. The number of hydrogen-bond acceptors (Lipinski definition) is 5. The standard InChI is InChI=1S/C19H19FN2O2S/c1-11-12(2)21-16-6-5-13(20)8-15(16)18(11)24-9-14-10-25-19(22-14)17-4-3-7-23-17/h5-6,8,10,17H,3-4,7,9H2,1-2H3. The highest BCUT2D eigenvalue weighted by molar-refractivity contribution is 7.09. The molecule has 3 heterocycles. The predicted molar refractivity (Wildman–Crippen MR) is 95.5 cm³/mol. The van der Waals surface area contributed by atoms with Gasteiger partial charge in [-0.3, -0.25) is 4.98 Å². The molecule has 1 aromatic carbocycles. The Morgan fingerprint density at radius 3 is 3.00 bits per heavy atom. The van der Waals surface area contributed by atoms with E-state index in [0.29, 0.717) is 17.7 Å². The first-order chi connectivity index (χ1) is 12.1. The second-order valence-corrected chi connectivity index (χ2v) is 7.17. The molecule has 2 aromatic heterocycles. The van der Waals surface area contributed by atoms with Crippen LogP contribution in [0.3, 0.4) is 0 Å². The largest absolute Gasteiger partial charge is 0.486 e. The molecule has 1 aliphatic heterocycles. The minimum absolute atomic E-state index is 0.124. The molecule has 1 atom stereocenters. The van der Waals surface area contributed by atoms with Crippen molar-refractivity contribution in [1.82, 2.24) is 9.97 Å². The molecular weight excluding hydrogens is 339 g/mol. The summed E-state index contributed by atoms with van der Waals surface area (Å²) in [6, 6.07) is 4.58. The number of ether oxygens (including phenoxy) is 2. The third kappa shape index (κ3) is 3.24. The van der Waals surface area contributed by atoms with Crippen LogP contribution in [0.15, 0.2) is 23.6 Å². The van der Waals surface area contributed by atoms with Gasteiger partial charge in [0.05, 0.1) is 11.2 Å².